The van der Waals surface area contributed by atoms with Crippen molar-refractivity contribution in [3.63, 3.8) is 0 Å². The third-order valence-corrected chi connectivity index (χ3v) is 3.87. The molecule has 0 aliphatic carbocycles. The van der Waals surface area contributed by atoms with Crippen LogP contribution in [0, 0.1) is 10.1 Å². The van der Waals surface area contributed by atoms with Crippen molar-refractivity contribution in [3.8, 4) is 0 Å². The number of aldehydes is 1. The number of rotatable bonds is 4. The maximum atomic E-state index is 10.7. The zero-order chi connectivity index (χ0) is 12.1. The number of nitrogens with zero attached hydrogens (tertiary/aromatic N) is 1. The zero-order valence-electron chi connectivity index (χ0n) is 8.21. The highest BCUT2D eigenvalue weighted by Crippen LogP contribution is 2.33. The lowest BCUT2D eigenvalue weighted by Crippen LogP contribution is -1.94. The maximum absolute atomic E-state index is 10.7. The Balaban J connectivity index is 2.95. The minimum Gasteiger partial charge on any atom is -0.298 e. The van der Waals surface area contributed by atoms with Crippen molar-refractivity contribution in [1.29, 1.82) is 0 Å². The molecule has 0 heterocycles. The van der Waals surface area contributed by atoms with Crippen LogP contribution in [0.5, 0.6) is 0 Å². The van der Waals surface area contributed by atoms with Crippen molar-refractivity contribution in [2.75, 3.05) is 0 Å². The van der Waals surface area contributed by atoms with Crippen LogP contribution in [0.15, 0.2) is 23.1 Å². The highest BCUT2D eigenvalue weighted by atomic mass is 33.1. The van der Waals surface area contributed by atoms with E-state index in [4.69, 9.17) is 0 Å². The van der Waals surface area contributed by atoms with Gasteiger partial charge in [0.2, 0.25) is 0 Å². The van der Waals surface area contributed by atoms with Crippen molar-refractivity contribution >= 4 is 38.7 Å². The summed E-state index contributed by atoms with van der Waals surface area (Å²) in [6.45, 7) is 1.42. The van der Waals surface area contributed by atoms with Gasteiger partial charge in [-0.05, 0) is 33.7 Å². The number of carbonyl (C=O) groups excluding carboxylic acids is 2. The van der Waals surface area contributed by atoms with Crippen LogP contribution in [0.1, 0.15) is 17.3 Å². The van der Waals surface area contributed by atoms with E-state index >= 15 is 0 Å². The van der Waals surface area contributed by atoms with Gasteiger partial charge in [-0.15, -0.1) is 0 Å². The molecule has 16 heavy (non-hydrogen) atoms. The molecule has 0 fully saturated rings. The van der Waals surface area contributed by atoms with Gasteiger partial charge < -0.3 is 0 Å². The minimum absolute atomic E-state index is 0.0131. The molecule has 1 aromatic rings. The van der Waals surface area contributed by atoms with Crippen LogP contribution in [0.4, 0.5) is 5.69 Å². The van der Waals surface area contributed by atoms with Gasteiger partial charge in [0.25, 0.3) is 5.69 Å². The van der Waals surface area contributed by atoms with E-state index in [1.165, 1.54) is 25.1 Å². The Bertz CT molecular complexity index is 447. The third-order valence-electron chi connectivity index (χ3n) is 1.58. The fourth-order valence-electron chi connectivity index (χ4n) is 0.952. The molecule has 0 aliphatic heterocycles. The smallest absolute Gasteiger partial charge is 0.279 e. The Kier molecular flexibility index (Phi) is 4.51. The number of carbonyl (C=O) groups is 2. The lowest BCUT2D eigenvalue weighted by Gasteiger charge is -2.00. The Morgan fingerprint density at radius 1 is 1.50 bits per heavy atom. The van der Waals surface area contributed by atoms with Gasteiger partial charge in [0.05, 0.1) is 10.5 Å². The molecule has 0 amide bonds. The first-order valence-electron chi connectivity index (χ1n) is 4.13. The summed E-state index contributed by atoms with van der Waals surface area (Å²) < 4.78 is 0. The largest absolute Gasteiger partial charge is 0.298 e. The number of hydrogen-bond acceptors (Lipinski definition) is 6. The zero-order valence-corrected chi connectivity index (χ0v) is 9.84. The molecular formula is C9H7NO4S2. The molecule has 0 aliphatic rings. The van der Waals surface area contributed by atoms with Crippen molar-refractivity contribution in [2.45, 2.75) is 11.8 Å². The van der Waals surface area contributed by atoms with Crippen molar-refractivity contribution in [1.82, 2.24) is 0 Å². The van der Waals surface area contributed by atoms with Crippen LogP contribution in [-0.4, -0.2) is 16.3 Å². The van der Waals surface area contributed by atoms with Crippen LogP contribution in [0.3, 0.4) is 0 Å². The van der Waals surface area contributed by atoms with E-state index in [-0.39, 0.29) is 16.4 Å². The van der Waals surface area contributed by atoms with E-state index in [1.54, 1.807) is 0 Å². The van der Waals surface area contributed by atoms with Crippen molar-refractivity contribution in [2.24, 2.45) is 0 Å². The first-order valence-corrected chi connectivity index (χ1v) is 6.28. The Morgan fingerprint density at radius 3 is 2.69 bits per heavy atom. The Morgan fingerprint density at radius 2 is 2.19 bits per heavy atom. The monoisotopic (exact) mass is 257 g/mol. The van der Waals surface area contributed by atoms with Crippen LogP contribution < -0.4 is 0 Å². The average Bonchev–Trinajstić information content (AvgIpc) is 2.25. The van der Waals surface area contributed by atoms with E-state index < -0.39 is 4.92 Å². The van der Waals surface area contributed by atoms with Crippen LogP contribution >= 0.6 is 21.6 Å². The van der Waals surface area contributed by atoms with Crippen LogP contribution in [0.25, 0.3) is 0 Å². The van der Waals surface area contributed by atoms with Crippen molar-refractivity contribution in [3.05, 3.63) is 33.9 Å². The number of hydrogen-bond donors (Lipinski definition) is 0. The predicted molar refractivity (Wildman–Crippen MR) is 62.6 cm³/mol. The molecule has 0 spiro atoms. The topological polar surface area (TPSA) is 77.3 Å². The fourth-order valence-corrected chi connectivity index (χ4v) is 2.42. The summed E-state index contributed by atoms with van der Waals surface area (Å²) in [5, 5.41) is 10.5. The normalized spacial score (nSPS) is 9.81. The van der Waals surface area contributed by atoms with Crippen LogP contribution in [0.2, 0.25) is 0 Å². The van der Waals surface area contributed by atoms with Gasteiger partial charge in [0.1, 0.15) is 0 Å². The van der Waals surface area contributed by atoms with Gasteiger partial charge in [0, 0.05) is 17.9 Å². The summed E-state index contributed by atoms with van der Waals surface area (Å²) in [5.74, 6) is 0. The molecule has 0 saturated heterocycles. The first kappa shape index (κ1) is 12.7. The minimum atomic E-state index is -0.615. The molecule has 0 atom stereocenters. The molecule has 84 valence electrons. The fraction of sp³-hybridized carbons (Fsp3) is 0.111. The van der Waals surface area contributed by atoms with Gasteiger partial charge in [0.15, 0.2) is 11.4 Å². The second-order valence-corrected chi connectivity index (χ2v) is 5.13. The Labute approximate surface area is 99.1 Å². The number of nitro groups is 1. The number of nitro benzene ring substituents is 1. The summed E-state index contributed by atoms with van der Waals surface area (Å²) >= 11 is 0. The van der Waals surface area contributed by atoms with Gasteiger partial charge in [-0.2, -0.15) is 0 Å². The van der Waals surface area contributed by atoms with Gasteiger partial charge in [-0.3, -0.25) is 19.7 Å². The molecule has 0 saturated carbocycles. The van der Waals surface area contributed by atoms with Gasteiger partial charge in [-0.25, -0.2) is 0 Å². The summed E-state index contributed by atoms with van der Waals surface area (Å²) in [6.07, 6.45) is 0.431. The average molecular weight is 257 g/mol. The summed E-state index contributed by atoms with van der Waals surface area (Å²) in [5.41, 5.74) is -0.216. The first-order chi connectivity index (χ1) is 7.54. The van der Waals surface area contributed by atoms with Crippen LogP contribution in [-0.2, 0) is 4.79 Å². The molecule has 1 rings (SSSR count). The predicted octanol–water partition coefficient (Wildman–Crippen LogP) is 2.69. The summed E-state index contributed by atoms with van der Waals surface area (Å²) in [6, 6.07) is 4.16. The van der Waals surface area contributed by atoms with E-state index in [1.807, 2.05) is 0 Å². The highest BCUT2D eigenvalue weighted by Gasteiger charge is 2.13. The number of benzene rings is 1. The van der Waals surface area contributed by atoms with Gasteiger partial charge >= 0.3 is 0 Å². The van der Waals surface area contributed by atoms with E-state index in [2.05, 4.69) is 0 Å². The standard InChI is InChI=1S/C9H7NO4S2/c1-6(12)15-16-8-2-3-9(10(13)14)7(4-8)5-11/h2-5H,1H3. The molecule has 7 heteroatoms. The molecule has 1 aromatic carbocycles. The quantitative estimate of drug-likeness (QED) is 0.357. The molecule has 0 unspecified atom stereocenters. The molecular weight excluding hydrogens is 250 g/mol. The third kappa shape index (κ3) is 3.35. The van der Waals surface area contributed by atoms with Crippen molar-refractivity contribution < 1.29 is 14.5 Å². The molecule has 0 aromatic heterocycles. The second-order valence-electron chi connectivity index (χ2n) is 2.75. The maximum Gasteiger partial charge on any atom is 0.279 e. The molecule has 0 N–H and O–H groups in total. The lowest BCUT2D eigenvalue weighted by atomic mass is 10.2. The van der Waals surface area contributed by atoms with E-state index in [9.17, 15) is 19.7 Å². The Hall–Kier alpha value is -1.34. The van der Waals surface area contributed by atoms with E-state index in [0.717, 1.165) is 21.6 Å². The summed E-state index contributed by atoms with van der Waals surface area (Å²) in [4.78, 5) is 31.9. The SMILES string of the molecule is CC(=O)SSc1ccc([N+](=O)[O-])c(C=O)c1. The van der Waals surface area contributed by atoms with E-state index in [0.29, 0.717) is 11.2 Å². The molecule has 5 nitrogen and oxygen atoms in total. The van der Waals surface area contributed by atoms with Gasteiger partial charge in [-0.1, -0.05) is 0 Å². The highest BCUT2D eigenvalue weighted by molar-refractivity contribution is 8.82. The summed E-state index contributed by atoms with van der Waals surface area (Å²) in [7, 11) is 2.17. The molecule has 0 bridgehead atoms. The second kappa shape index (κ2) is 5.66. The lowest BCUT2D eigenvalue weighted by molar-refractivity contribution is -0.385. The molecule has 0 radical (unpaired) electrons.